The van der Waals surface area contributed by atoms with E-state index in [9.17, 15) is 4.79 Å². The van der Waals surface area contributed by atoms with Crippen LogP contribution in [0.5, 0.6) is 0 Å². The van der Waals surface area contributed by atoms with Gasteiger partial charge in [0.1, 0.15) is 0 Å². The summed E-state index contributed by atoms with van der Waals surface area (Å²) in [6.45, 7) is 3.95. The molecule has 2 rings (SSSR count). The SMILES string of the molecule is CC(C(=O)N1CCC(Br)C1)C1CC1. The van der Waals surface area contributed by atoms with E-state index in [0.29, 0.717) is 16.7 Å². The number of nitrogens with zero attached hydrogens (tertiary/aromatic N) is 1. The number of rotatable bonds is 2. The monoisotopic (exact) mass is 245 g/mol. The van der Waals surface area contributed by atoms with Crippen LogP contribution in [-0.4, -0.2) is 28.7 Å². The Morgan fingerprint density at radius 2 is 2.15 bits per heavy atom. The molecular formula is C10H16BrNO. The van der Waals surface area contributed by atoms with Crippen LogP contribution in [0.25, 0.3) is 0 Å². The molecular weight excluding hydrogens is 230 g/mol. The van der Waals surface area contributed by atoms with E-state index in [2.05, 4.69) is 22.9 Å². The molecule has 0 N–H and O–H groups in total. The Morgan fingerprint density at radius 1 is 1.46 bits per heavy atom. The molecule has 2 nitrogen and oxygen atoms in total. The van der Waals surface area contributed by atoms with Crippen molar-refractivity contribution in [2.24, 2.45) is 11.8 Å². The third kappa shape index (κ3) is 2.06. The molecule has 0 aromatic heterocycles. The molecule has 1 aliphatic heterocycles. The Kier molecular flexibility index (Phi) is 2.63. The van der Waals surface area contributed by atoms with Gasteiger partial charge in [-0.15, -0.1) is 0 Å². The molecule has 1 aliphatic carbocycles. The van der Waals surface area contributed by atoms with E-state index in [1.165, 1.54) is 12.8 Å². The number of amides is 1. The number of likely N-dealkylation sites (tertiary alicyclic amines) is 1. The summed E-state index contributed by atoms with van der Waals surface area (Å²) in [6, 6.07) is 0. The number of hydrogen-bond acceptors (Lipinski definition) is 1. The summed E-state index contributed by atoms with van der Waals surface area (Å²) in [5, 5.41) is 0. The molecule has 1 heterocycles. The van der Waals surface area contributed by atoms with E-state index >= 15 is 0 Å². The van der Waals surface area contributed by atoms with Gasteiger partial charge in [0.2, 0.25) is 5.91 Å². The minimum Gasteiger partial charge on any atom is -0.341 e. The number of carbonyl (C=O) groups excluding carboxylic acids is 1. The lowest BCUT2D eigenvalue weighted by Crippen LogP contribution is -2.34. The molecule has 0 radical (unpaired) electrons. The predicted octanol–water partition coefficient (Wildman–Crippen LogP) is 2.03. The fourth-order valence-corrected chi connectivity index (χ4v) is 2.56. The van der Waals surface area contributed by atoms with Crippen molar-refractivity contribution in [3.05, 3.63) is 0 Å². The first-order valence-electron chi connectivity index (χ1n) is 5.11. The van der Waals surface area contributed by atoms with Crippen molar-refractivity contribution >= 4 is 21.8 Å². The van der Waals surface area contributed by atoms with E-state index in [0.717, 1.165) is 19.5 Å². The van der Waals surface area contributed by atoms with Crippen LogP contribution >= 0.6 is 15.9 Å². The maximum Gasteiger partial charge on any atom is 0.225 e. The second kappa shape index (κ2) is 3.60. The normalized spacial score (nSPS) is 30.6. The van der Waals surface area contributed by atoms with Crippen LogP contribution in [0.3, 0.4) is 0 Å². The highest BCUT2D eigenvalue weighted by molar-refractivity contribution is 9.09. The lowest BCUT2D eigenvalue weighted by molar-refractivity contribution is -0.134. The minimum atomic E-state index is 0.276. The Morgan fingerprint density at radius 3 is 2.62 bits per heavy atom. The van der Waals surface area contributed by atoms with Crippen molar-refractivity contribution in [1.29, 1.82) is 0 Å². The molecule has 0 bridgehead atoms. The quantitative estimate of drug-likeness (QED) is 0.683. The van der Waals surface area contributed by atoms with Gasteiger partial charge in [0.05, 0.1) is 0 Å². The zero-order valence-corrected chi connectivity index (χ0v) is 9.59. The van der Waals surface area contributed by atoms with Crippen molar-refractivity contribution in [1.82, 2.24) is 4.90 Å². The van der Waals surface area contributed by atoms with Crippen LogP contribution in [0.2, 0.25) is 0 Å². The van der Waals surface area contributed by atoms with Crippen LogP contribution < -0.4 is 0 Å². The molecule has 0 spiro atoms. The molecule has 0 aromatic carbocycles. The number of carbonyl (C=O) groups is 1. The molecule has 2 unspecified atom stereocenters. The highest BCUT2D eigenvalue weighted by atomic mass is 79.9. The second-order valence-electron chi connectivity index (χ2n) is 4.30. The predicted molar refractivity (Wildman–Crippen MR) is 55.8 cm³/mol. The van der Waals surface area contributed by atoms with E-state index in [1.54, 1.807) is 0 Å². The average Bonchev–Trinajstić information content (AvgIpc) is 2.87. The van der Waals surface area contributed by atoms with Crippen LogP contribution in [0.15, 0.2) is 0 Å². The summed E-state index contributed by atoms with van der Waals surface area (Å²) in [5.74, 6) is 1.35. The third-order valence-corrected chi connectivity index (χ3v) is 3.91. The van der Waals surface area contributed by atoms with Gasteiger partial charge >= 0.3 is 0 Å². The first kappa shape index (κ1) is 9.50. The Labute approximate surface area is 87.8 Å². The minimum absolute atomic E-state index is 0.276. The first-order chi connectivity index (χ1) is 6.18. The molecule has 0 aromatic rings. The van der Waals surface area contributed by atoms with E-state index in [1.807, 2.05) is 4.90 Å². The van der Waals surface area contributed by atoms with Gasteiger partial charge in [-0.05, 0) is 25.2 Å². The summed E-state index contributed by atoms with van der Waals surface area (Å²) >= 11 is 3.55. The lowest BCUT2D eigenvalue weighted by atomic mass is 10.1. The number of alkyl halides is 1. The van der Waals surface area contributed by atoms with Gasteiger partial charge < -0.3 is 4.90 Å². The van der Waals surface area contributed by atoms with Gasteiger partial charge in [-0.3, -0.25) is 4.79 Å². The molecule has 2 atom stereocenters. The van der Waals surface area contributed by atoms with Crippen molar-refractivity contribution in [2.75, 3.05) is 13.1 Å². The van der Waals surface area contributed by atoms with Crippen molar-refractivity contribution in [2.45, 2.75) is 31.0 Å². The van der Waals surface area contributed by atoms with Gasteiger partial charge in [-0.2, -0.15) is 0 Å². The molecule has 74 valence electrons. The molecule has 1 saturated heterocycles. The second-order valence-corrected chi connectivity index (χ2v) is 5.59. The Bertz CT molecular complexity index is 215. The number of halogens is 1. The van der Waals surface area contributed by atoms with Gasteiger partial charge in [0.25, 0.3) is 0 Å². The molecule has 2 fully saturated rings. The van der Waals surface area contributed by atoms with Gasteiger partial charge in [0, 0.05) is 23.8 Å². The van der Waals surface area contributed by atoms with Crippen LogP contribution in [0.1, 0.15) is 26.2 Å². The summed E-state index contributed by atoms with van der Waals surface area (Å²) in [4.78, 5) is 14.4. The number of hydrogen-bond donors (Lipinski definition) is 0. The van der Waals surface area contributed by atoms with Gasteiger partial charge in [-0.1, -0.05) is 22.9 Å². The van der Waals surface area contributed by atoms with Crippen LogP contribution in [0.4, 0.5) is 0 Å². The van der Waals surface area contributed by atoms with E-state index < -0.39 is 0 Å². The van der Waals surface area contributed by atoms with Gasteiger partial charge in [-0.25, -0.2) is 0 Å². The highest BCUT2D eigenvalue weighted by Crippen LogP contribution is 2.37. The first-order valence-corrected chi connectivity index (χ1v) is 6.03. The summed E-state index contributed by atoms with van der Waals surface area (Å²) < 4.78 is 0. The smallest absolute Gasteiger partial charge is 0.225 e. The van der Waals surface area contributed by atoms with Crippen molar-refractivity contribution in [3.8, 4) is 0 Å². The van der Waals surface area contributed by atoms with E-state index in [4.69, 9.17) is 0 Å². The maximum absolute atomic E-state index is 11.9. The zero-order valence-electron chi connectivity index (χ0n) is 8.00. The summed E-state index contributed by atoms with van der Waals surface area (Å²) in [7, 11) is 0. The molecule has 2 aliphatic rings. The third-order valence-electron chi connectivity index (χ3n) is 3.16. The molecule has 13 heavy (non-hydrogen) atoms. The summed E-state index contributed by atoms with van der Waals surface area (Å²) in [5.41, 5.74) is 0. The van der Waals surface area contributed by atoms with Crippen molar-refractivity contribution < 1.29 is 4.79 Å². The van der Waals surface area contributed by atoms with Crippen LogP contribution in [-0.2, 0) is 4.79 Å². The fourth-order valence-electron chi connectivity index (χ4n) is 2.00. The highest BCUT2D eigenvalue weighted by Gasteiger charge is 2.36. The molecule has 1 amide bonds. The van der Waals surface area contributed by atoms with Crippen LogP contribution in [0, 0.1) is 11.8 Å². The Hall–Kier alpha value is -0.0500. The average molecular weight is 246 g/mol. The maximum atomic E-state index is 11.9. The van der Waals surface area contributed by atoms with Gasteiger partial charge in [0.15, 0.2) is 0 Å². The Balaban J connectivity index is 1.88. The fraction of sp³-hybridized carbons (Fsp3) is 0.900. The van der Waals surface area contributed by atoms with Crippen molar-refractivity contribution in [3.63, 3.8) is 0 Å². The molecule has 3 heteroatoms. The lowest BCUT2D eigenvalue weighted by Gasteiger charge is -2.20. The largest absolute Gasteiger partial charge is 0.341 e. The standard InChI is InChI=1S/C10H16BrNO/c1-7(8-2-3-8)10(13)12-5-4-9(11)6-12/h7-9H,2-6H2,1H3. The summed E-state index contributed by atoms with van der Waals surface area (Å²) in [6.07, 6.45) is 3.64. The van der Waals surface area contributed by atoms with E-state index in [-0.39, 0.29) is 5.92 Å². The topological polar surface area (TPSA) is 20.3 Å². The molecule has 1 saturated carbocycles. The zero-order chi connectivity index (χ0) is 9.42.